The first kappa shape index (κ1) is 10.3. The van der Waals surface area contributed by atoms with Crippen molar-refractivity contribution in [2.24, 2.45) is 0 Å². The van der Waals surface area contributed by atoms with E-state index in [0.717, 1.165) is 17.0 Å². The summed E-state index contributed by atoms with van der Waals surface area (Å²) in [5, 5.41) is 4.39. The molecule has 3 radical (unpaired) electrons. The largest absolute Gasteiger partial charge is 0.221 e. The van der Waals surface area contributed by atoms with E-state index in [1.165, 1.54) is 0 Å². The Labute approximate surface area is 93.2 Å². The molecule has 4 heteroatoms. The Balaban J connectivity index is 0.000000963. The Morgan fingerprint density at radius 2 is 1.62 bits per heavy atom. The topological polar surface area (TPSA) is 60.7 Å². The molecule has 0 aliphatic rings. The van der Waals surface area contributed by atoms with Crippen molar-refractivity contribution in [2.45, 2.75) is 0 Å². The van der Waals surface area contributed by atoms with E-state index in [0.29, 0.717) is 0 Å². The molecule has 0 unspecified atom stereocenters. The van der Waals surface area contributed by atoms with Gasteiger partial charge in [0.2, 0.25) is 0 Å². The highest BCUT2D eigenvalue weighted by atomic mass is 15.3. The van der Waals surface area contributed by atoms with Gasteiger partial charge < -0.3 is 0 Å². The SMILES string of the molecule is [N].c1ccc(-c2nc3ccccn3n2)cc1. The van der Waals surface area contributed by atoms with E-state index in [4.69, 9.17) is 0 Å². The number of benzene rings is 1. The molecule has 0 fully saturated rings. The normalized spacial score (nSPS) is 10.0. The predicted octanol–water partition coefficient (Wildman–Crippen LogP) is 1.92. The monoisotopic (exact) mass is 209 g/mol. The van der Waals surface area contributed by atoms with E-state index in [1.807, 2.05) is 54.7 Å². The van der Waals surface area contributed by atoms with E-state index in [-0.39, 0.29) is 6.15 Å². The third kappa shape index (κ3) is 1.66. The van der Waals surface area contributed by atoms with Gasteiger partial charge in [-0.05, 0) is 12.1 Å². The molecule has 0 aliphatic carbocycles. The van der Waals surface area contributed by atoms with Crippen LogP contribution in [0.4, 0.5) is 0 Å². The second-order valence-electron chi connectivity index (χ2n) is 3.30. The van der Waals surface area contributed by atoms with Crippen LogP contribution in [0.3, 0.4) is 0 Å². The van der Waals surface area contributed by atoms with Crippen LogP contribution in [0.25, 0.3) is 17.0 Å². The fraction of sp³-hybridized carbons (Fsp3) is 0. The summed E-state index contributed by atoms with van der Waals surface area (Å²) in [5.74, 6) is 0.766. The summed E-state index contributed by atoms with van der Waals surface area (Å²) >= 11 is 0. The third-order valence-electron chi connectivity index (χ3n) is 2.27. The Hall–Kier alpha value is -2.20. The van der Waals surface area contributed by atoms with Gasteiger partial charge in [0.15, 0.2) is 11.5 Å². The first-order valence-corrected chi connectivity index (χ1v) is 4.80. The molecule has 0 atom stereocenters. The number of aromatic nitrogens is 3. The van der Waals surface area contributed by atoms with Crippen LogP contribution in [0.5, 0.6) is 0 Å². The summed E-state index contributed by atoms with van der Waals surface area (Å²) in [6.07, 6.45) is 1.90. The lowest BCUT2D eigenvalue weighted by atomic mass is 10.2. The number of rotatable bonds is 1. The van der Waals surface area contributed by atoms with Gasteiger partial charge in [-0.3, -0.25) is 0 Å². The molecule has 4 nitrogen and oxygen atoms in total. The van der Waals surface area contributed by atoms with E-state index in [2.05, 4.69) is 10.1 Å². The minimum absolute atomic E-state index is 0. The molecule has 2 aromatic heterocycles. The van der Waals surface area contributed by atoms with Crippen LogP contribution in [-0.2, 0) is 0 Å². The van der Waals surface area contributed by atoms with Crippen molar-refractivity contribution < 1.29 is 0 Å². The zero-order chi connectivity index (χ0) is 10.1. The molecular formula is C12H9N4. The summed E-state index contributed by atoms with van der Waals surface area (Å²) < 4.78 is 1.78. The number of fused-ring (bicyclic) bond motifs is 1. The van der Waals surface area contributed by atoms with E-state index < -0.39 is 0 Å². The predicted molar refractivity (Wildman–Crippen MR) is 60.6 cm³/mol. The van der Waals surface area contributed by atoms with Gasteiger partial charge >= 0.3 is 0 Å². The Bertz CT molecular complexity index is 553. The van der Waals surface area contributed by atoms with Crippen LogP contribution in [0.2, 0.25) is 0 Å². The van der Waals surface area contributed by atoms with Crippen LogP contribution in [-0.4, -0.2) is 14.6 Å². The van der Waals surface area contributed by atoms with Gasteiger partial charge in [0, 0.05) is 17.9 Å². The maximum atomic E-state index is 4.43. The van der Waals surface area contributed by atoms with Crippen molar-refractivity contribution in [3.63, 3.8) is 0 Å². The van der Waals surface area contributed by atoms with E-state index in [9.17, 15) is 0 Å². The van der Waals surface area contributed by atoms with Crippen molar-refractivity contribution >= 4 is 5.65 Å². The molecule has 77 valence electrons. The highest BCUT2D eigenvalue weighted by Gasteiger charge is 2.03. The van der Waals surface area contributed by atoms with Crippen LogP contribution >= 0.6 is 0 Å². The van der Waals surface area contributed by atoms with Gasteiger partial charge in [0.25, 0.3) is 0 Å². The highest BCUT2D eigenvalue weighted by molar-refractivity contribution is 5.57. The lowest BCUT2D eigenvalue weighted by Crippen LogP contribution is -1.84. The lowest BCUT2D eigenvalue weighted by molar-refractivity contribution is 0.966. The Morgan fingerprint density at radius 1 is 0.875 bits per heavy atom. The molecule has 16 heavy (non-hydrogen) atoms. The van der Waals surface area contributed by atoms with Crippen molar-refractivity contribution in [1.29, 1.82) is 0 Å². The fourth-order valence-electron chi connectivity index (χ4n) is 1.54. The minimum Gasteiger partial charge on any atom is -0.221 e. The van der Waals surface area contributed by atoms with E-state index in [1.54, 1.807) is 4.52 Å². The lowest BCUT2D eigenvalue weighted by Gasteiger charge is -1.91. The third-order valence-corrected chi connectivity index (χ3v) is 2.27. The standard InChI is InChI=1S/C12H9N3.N/c1-2-6-10(7-3-1)12-13-11-8-4-5-9-15(11)14-12;/h1-9H;. The quantitative estimate of drug-likeness (QED) is 0.614. The summed E-state index contributed by atoms with van der Waals surface area (Å²) in [5.41, 5.74) is 1.91. The molecule has 2 heterocycles. The zero-order valence-electron chi connectivity index (χ0n) is 8.49. The first-order chi connectivity index (χ1) is 7.43. The molecule has 0 spiro atoms. The number of hydrogen-bond donors (Lipinski definition) is 0. The zero-order valence-corrected chi connectivity index (χ0v) is 8.49. The summed E-state index contributed by atoms with van der Waals surface area (Å²) in [4.78, 5) is 4.43. The fourth-order valence-corrected chi connectivity index (χ4v) is 1.54. The molecule has 0 saturated carbocycles. The average Bonchev–Trinajstić information content (AvgIpc) is 2.74. The van der Waals surface area contributed by atoms with Crippen LogP contribution < -0.4 is 6.15 Å². The molecule has 0 amide bonds. The maximum Gasteiger partial charge on any atom is 0.182 e. The van der Waals surface area contributed by atoms with Crippen LogP contribution in [0, 0.1) is 0 Å². The molecule has 3 aromatic rings. The molecule has 0 bridgehead atoms. The van der Waals surface area contributed by atoms with Gasteiger partial charge in [-0.2, -0.15) is 0 Å². The maximum absolute atomic E-state index is 4.43. The van der Waals surface area contributed by atoms with Crippen molar-refractivity contribution in [2.75, 3.05) is 0 Å². The summed E-state index contributed by atoms with van der Waals surface area (Å²) in [6, 6.07) is 15.8. The number of pyridine rings is 1. The summed E-state index contributed by atoms with van der Waals surface area (Å²) in [7, 11) is 0. The second kappa shape index (κ2) is 4.12. The molecule has 0 saturated heterocycles. The molecular weight excluding hydrogens is 200 g/mol. The van der Waals surface area contributed by atoms with Gasteiger partial charge in [0.1, 0.15) is 0 Å². The highest BCUT2D eigenvalue weighted by Crippen LogP contribution is 2.14. The van der Waals surface area contributed by atoms with E-state index >= 15 is 0 Å². The molecule has 1 aromatic carbocycles. The average molecular weight is 209 g/mol. The van der Waals surface area contributed by atoms with Gasteiger partial charge in [0.05, 0.1) is 0 Å². The number of hydrogen-bond acceptors (Lipinski definition) is 2. The minimum atomic E-state index is 0. The second-order valence-corrected chi connectivity index (χ2v) is 3.30. The molecule has 0 N–H and O–H groups in total. The van der Waals surface area contributed by atoms with Gasteiger partial charge in [-0.15, -0.1) is 5.10 Å². The van der Waals surface area contributed by atoms with Crippen LogP contribution in [0.15, 0.2) is 54.7 Å². The molecule has 0 aliphatic heterocycles. The van der Waals surface area contributed by atoms with Gasteiger partial charge in [-0.1, -0.05) is 36.4 Å². The Morgan fingerprint density at radius 3 is 2.38 bits per heavy atom. The van der Waals surface area contributed by atoms with Crippen LogP contribution in [0.1, 0.15) is 0 Å². The first-order valence-electron chi connectivity index (χ1n) is 4.80. The van der Waals surface area contributed by atoms with Crippen molar-refractivity contribution in [3.8, 4) is 11.4 Å². The smallest absolute Gasteiger partial charge is 0.182 e. The number of nitrogens with zero attached hydrogens (tertiary/aromatic N) is 4. The molecule has 3 rings (SSSR count). The Kier molecular flexibility index (Phi) is 2.66. The summed E-state index contributed by atoms with van der Waals surface area (Å²) in [6.45, 7) is 0. The van der Waals surface area contributed by atoms with Gasteiger partial charge in [-0.25, -0.2) is 9.50 Å². The van der Waals surface area contributed by atoms with Crippen molar-refractivity contribution in [3.05, 3.63) is 54.7 Å². The van der Waals surface area contributed by atoms with Crippen molar-refractivity contribution in [1.82, 2.24) is 20.7 Å².